The van der Waals surface area contributed by atoms with Crippen LogP contribution in [0.2, 0.25) is 0 Å². The molecule has 1 heteroatoms. The Kier molecular flexibility index (Phi) is 4.38. The second-order valence-electron chi connectivity index (χ2n) is 6.50. The number of allylic oxidation sites excluding steroid dienone is 4. The molecule has 0 saturated carbocycles. The predicted octanol–water partition coefficient (Wildman–Crippen LogP) is 6.24. The first-order valence-electron chi connectivity index (χ1n) is 8.34. The fraction of sp³-hybridized carbons (Fsp3) is 0.273. The van der Waals surface area contributed by atoms with Gasteiger partial charge in [-0.2, -0.15) is 0 Å². The molecule has 0 aliphatic heterocycles. The topological polar surface area (TPSA) is 12.0 Å². The lowest BCUT2D eigenvalue weighted by atomic mass is 9.87. The Bertz CT molecular complexity index is 753. The van der Waals surface area contributed by atoms with Gasteiger partial charge in [-0.3, -0.25) is 0 Å². The second-order valence-corrected chi connectivity index (χ2v) is 6.50. The lowest BCUT2D eigenvalue weighted by Gasteiger charge is -2.22. The molecule has 23 heavy (non-hydrogen) atoms. The second kappa shape index (κ2) is 6.45. The van der Waals surface area contributed by atoms with Gasteiger partial charge in [0.1, 0.15) is 0 Å². The van der Waals surface area contributed by atoms with Crippen LogP contribution in [-0.2, 0) is 0 Å². The van der Waals surface area contributed by atoms with Gasteiger partial charge < -0.3 is 5.32 Å². The standard InChI is InChI=1S/C22H25N/c1-15-14-22(17(3)16(15)2)21-13-9-8-12-20(21)18(4)23-19-10-6-5-7-11-19/h5-14,18,22-23H,1-4H3. The number of hydrogen-bond acceptors (Lipinski definition) is 1. The number of anilines is 1. The molecule has 0 heterocycles. The van der Waals surface area contributed by atoms with Crippen LogP contribution in [0.25, 0.3) is 0 Å². The lowest BCUT2D eigenvalue weighted by Crippen LogP contribution is -2.11. The molecule has 0 spiro atoms. The number of benzene rings is 2. The van der Waals surface area contributed by atoms with Crippen LogP contribution < -0.4 is 5.32 Å². The van der Waals surface area contributed by atoms with E-state index in [4.69, 9.17) is 0 Å². The maximum absolute atomic E-state index is 3.62. The maximum atomic E-state index is 3.62. The highest BCUT2D eigenvalue weighted by Crippen LogP contribution is 2.40. The van der Waals surface area contributed by atoms with E-state index in [9.17, 15) is 0 Å². The van der Waals surface area contributed by atoms with Gasteiger partial charge in [-0.05, 0) is 56.5 Å². The van der Waals surface area contributed by atoms with Crippen molar-refractivity contribution < 1.29 is 0 Å². The first kappa shape index (κ1) is 15.6. The SMILES string of the molecule is CC1=CC(c2ccccc2C(C)Nc2ccccc2)C(C)=C1C. The summed E-state index contributed by atoms with van der Waals surface area (Å²) in [7, 11) is 0. The van der Waals surface area contributed by atoms with Gasteiger partial charge in [-0.1, -0.05) is 59.7 Å². The largest absolute Gasteiger partial charge is 0.379 e. The van der Waals surface area contributed by atoms with Crippen LogP contribution in [0.4, 0.5) is 5.69 Å². The van der Waals surface area contributed by atoms with Gasteiger partial charge in [0.2, 0.25) is 0 Å². The van der Waals surface area contributed by atoms with Crippen LogP contribution in [-0.4, -0.2) is 0 Å². The fourth-order valence-electron chi connectivity index (χ4n) is 3.42. The smallest absolute Gasteiger partial charge is 0.0488 e. The van der Waals surface area contributed by atoms with E-state index in [0.717, 1.165) is 5.69 Å². The van der Waals surface area contributed by atoms with Gasteiger partial charge in [-0.15, -0.1) is 0 Å². The van der Waals surface area contributed by atoms with Crippen LogP contribution >= 0.6 is 0 Å². The quantitative estimate of drug-likeness (QED) is 0.705. The van der Waals surface area contributed by atoms with Crippen LogP contribution in [0.5, 0.6) is 0 Å². The van der Waals surface area contributed by atoms with Gasteiger partial charge in [0.25, 0.3) is 0 Å². The molecule has 3 rings (SSSR count). The Balaban J connectivity index is 1.93. The van der Waals surface area contributed by atoms with Crippen molar-refractivity contribution in [3.05, 3.63) is 88.5 Å². The molecule has 2 atom stereocenters. The highest BCUT2D eigenvalue weighted by atomic mass is 14.9. The lowest BCUT2D eigenvalue weighted by molar-refractivity contribution is 0.845. The minimum Gasteiger partial charge on any atom is -0.379 e. The van der Waals surface area contributed by atoms with Crippen molar-refractivity contribution in [2.45, 2.75) is 39.7 Å². The first-order valence-corrected chi connectivity index (χ1v) is 8.34. The third kappa shape index (κ3) is 3.10. The summed E-state index contributed by atoms with van der Waals surface area (Å²) in [6, 6.07) is 19.5. The van der Waals surface area contributed by atoms with Crippen molar-refractivity contribution >= 4 is 5.69 Å². The molecule has 0 fully saturated rings. The number of para-hydroxylation sites is 1. The van der Waals surface area contributed by atoms with Crippen molar-refractivity contribution in [3.63, 3.8) is 0 Å². The fourth-order valence-corrected chi connectivity index (χ4v) is 3.42. The Labute approximate surface area is 139 Å². The van der Waals surface area contributed by atoms with E-state index in [2.05, 4.69) is 87.6 Å². The van der Waals surface area contributed by atoms with Crippen LogP contribution in [0.3, 0.4) is 0 Å². The molecule has 2 aromatic carbocycles. The third-order valence-corrected chi connectivity index (χ3v) is 5.02. The molecule has 1 nitrogen and oxygen atoms in total. The van der Waals surface area contributed by atoms with Crippen molar-refractivity contribution in [1.29, 1.82) is 0 Å². The van der Waals surface area contributed by atoms with Gasteiger partial charge in [0.15, 0.2) is 0 Å². The molecule has 0 saturated heterocycles. The van der Waals surface area contributed by atoms with E-state index < -0.39 is 0 Å². The number of rotatable bonds is 4. The Morgan fingerprint density at radius 1 is 0.870 bits per heavy atom. The first-order chi connectivity index (χ1) is 11.1. The van der Waals surface area contributed by atoms with E-state index in [1.54, 1.807) is 0 Å². The Hall–Kier alpha value is -2.28. The number of hydrogen-bond donors (Lipinski definition) is 1. The summed E-state index contributed by atoms with van der Waals surface area (Å²) in [5.74, 6) is 0.409. The molecule has 0 radical (unpaired) electrons. The summed E-state index contributed by atoms with van der Waals surface area (Å²) < 4.78 is 0. The molecule has 0 bridgehead atoms. The average Bonchev–Trinajstić information content (AvgIpc) is 2.83. The van der Waals surface area contributed by atoms with Gasteiger partial charge in [0, 0.05) is 17.6 Å². The predicted molar refractivity (Wildman–Crippen MR) is 99.8 cm³/mol. The van der Waals surface area contributed by atoms with E-state index in [0.29, 0.717) is 5.92 Å². The van der Waals surface area contributed by atoms with Gasteiger partial charge in [-0.25, -0.2) is 0 Å². The van der Waals surface area contributed by atoms with Crippen LogP contribution in [0.1, 0.15) is 50.8 Å². The van der Waals surface area contributed by atoms with E-state index in [1.165, 1.54) is 27.8 Å². The van der Waals surface area contributed by atoms with E-state index in [-0.39, 0.29) is 6.04 Å². The summed E-state index contributed by atoms with van der Waals surface area (Å²) in [6.45, 7) is 8.95. The molecular formula is C22H25N. The van der Waals surface area contributed by atoms with Crippen LogP contribution in [0, 0.1) is 0 Å². The molecule has 118 valence electrons. The normalized spacial score (nSPS) is 18.8. The summed E-state index contributed by atoms with van der Waals surface area (Å²) in [5, 5.41) is 3.62. The molecule has 1 aliphatic carbocycles. The zero-order valence-electron chi connectivity index (χ0n) is 14.4. The average molecular weight is 303 g/mol. The van der Waals surface area contributed by atoms with Gasteiger partial charge >= 0.3 is 0 Å². The van der Waals surface area contributed by atoms with Crippen molar-refractivity contribution in [2.24, 2.45) is 0 Å². The van der Waals surface area contributed by atoms with Crippen molar-refractivity contribution in [1.82, 2.24) is 0 Å². The molecule has 1 aliphatic rings. The van der Waals surface area contributed by atoms with Gasteiger partial charge in [0.05, 0.1) is 0 Å². The monoisotopic (exact) mass is 303 g/mol. The minimum atomic E-state index is 0.274. The molecule has 0 aromatic heterocycles. The summed E-state index contributed by atoms with van der Waals surface area (Å²) in [5.41, 5.74) is 8.27. The summed E-state index contributed by atoms with van der Waals surface area (Å²) in [6.07, 6.45) is 2.40. The minimum absolute atomic E-state index is 0.274. The molecule has 2 unspecified atom stereocenters. The van der Waals surface area contributed by atoms with E-state index in [1.807, 2.05) is 6.07 Å². The van der Waals surface area contributed by atoms with Crippen LogP contribution in [0.15, 0.2) is 77.4 Å². The highest BCUT2D eigenvalue weighted by molar-refractivity contribution is 5.53. The zero-order valence-corrected chi connectivity index (χ0v) is 14.4. The van der Waals surface area contributed by atoms with Crippen molar-refractivity contribution in [2.75, 3.05) is 5.32 Å². The van der Waals surface area contributed by atoms with E-state index >= 15 is 0 Å². The third-order valence-electron chi connectivity index (χ3n) is 5.02. The molecule has 0 amide bonds. The van der Waals surface area contributed by atoms with Crippen molar-refractivity contribution in [3.8, 4) is 0 Å². The zero-order chi connectivity index (χ0) is 16.4. The maximum Gasteiger partial charge on any atom is 0.0488 e. The Morgan fingerprint density at radius 3 is 2.17 bits per heavy atom. The molecule has 1 N–H and O–H groups in total. The Morgan fingerprint density at radius 2 is 1.52 bits per heavy atom. The molecular weight excluding hydrogens is 278 g/mol. The number of nitrogens with one attached hydrogen (secondary N) is 1. The highest BCUT2D eigenvalue weighted by Gasteiger charge is 2.23. The molecule has 2 aromatic rings. The summed E-state index contributed by atoms with van der Waals surface area (Å²) >= 11 is 0. The summed E-state index contributed by atoms with van der Waals surface area (Å²) in [4.78, 5) is 0.